The summed E-state index contributed by atoms with van der Waals surface area (Å²) in [5.74, 6) is 0.685. The Hall–Kier alpha value is -1.74. The van der Waals surface area contributed by atoms with Gasteiger partial charge in [-0.15, -0.1) is 11.3 Å². The highest BCUT2D eigenvalue weighted by atomic mass is 32.1. The zero-order valence-electron chi connectivity index (χ0n) is 18.4. The number of hydrogen-bond donors (Lipinski definition) is 0. The largest absolute Gasteiger partial charge is 0.423 e. The number of hydrogen-bond acceptors (Lipinski definition) is 6. The van der Waals surface area contributed by atoms with E-state index in [0.717, 1.165) is 53.3 Å². The van der Waals surface area contributed by atoms with Crippen molar-refractivity contribution >= 4 is 29.5 Å². The van der Waals surface area contributed by atoms with Crippen LogP contribution in [0.5, 0.6) is 0 Å². The number of fused-ring (bicyclic) bond motifs is 3. The summed E-state index contributed by atoms with van der Waals surface area (Å²) in [4.78, 5) is 13.7. The average molecular weight is 447 g/mol. The maximum Gasteiger partial charge on any atom is 0.354 e. The van der Waals surface area contributed by atoms with Gasteiger partial charge >= 0.3 is 5.63 Å². The Labute approximate surface area is 181 Å². The van der Waals surface area contributed by atoms with Crippen molar-refractivity contribution < 1.29 is 13.9 Å². The standard InChI is InChI=1S/C22H30N2O4SSi/c1-22(26-2)8-6-7-16-17-11-18(29-19(17)21(25)28-20(16)22)15-12-23-24(13-15)14-27-9-10-30(3,4)5/h11-13H,6-10,14H2,1-5H3. The summed E-state index contributed by atoms with van der Waals surface area (Å²) >= 11 is 1.47. The fourth-order valence-corrected chi connectivity index (χ4v) is 5.71. The molecule has 4 rings (SSSR count). The molecule has 1 aliphatic rings. The first-order valence-electron chi connectivity index (χ1n) is 10.5. The minimum absolute atomic E-state index is 0.285. The molecule has 1 aliphatic carbocycles. The highest BCUT2D eigenvalue weighted by Gasteiger charge is 2.37. The van der Waals surface area contributed by atoms with E-state index in [1.54, 1.807) is 7.11 Å². The maximum atomic E-state index is 12.7. The molecule has 162 valence electrons. The summed E-state index contributed by atoms with van der Waals surface area (Å²) in [5.41, 5.74) is 1.27. The van der Waals surface area contributed by atoms with Gasteiger partial charge in [-0.3, -0.25) is 0 Å². The van der Waals surface area contributed by atoms with Gasteiger partial charge in [-0.2, -0.15) is 5.10 Å². The second kappa shape index (κ2) is 8.07. The molecule has 0 aromatic carbocycles. The molecular weight excluding hydrogens is 416 g/mol. The SMILES string of the molecule is COC1(C)CCCc2c1oc(=O)c1sc(-c3cnn(COCC[Si](C)(C)C)c3)cc21. The summed E-state index contributed by atoms with van der Waals surface area (Å²) in [5, 5.41) is 5.42. The number of methoxy groups -OCH3 is 1. The molecule has 6 nitrogen and oxygen atoms in total. The van der Waals surface area contributed by atoms with Crippen LogP contribution in [0.4, 0.5) is 0 Å². The predicted octanol–water partition coefficient (Wildman–Crippen LogP) is 5.23. The lowest BCUT2D eigenvalue weighted by atomic mass is 9.84. The Kier molecular flexibility index (Phi) is 5.78. The van der Waals surface area contributed by atoms with E-state index in [2.05, 4.69) is 30.8 Å². The lowest BCUT2D eigenvalue weighted by Crippen LogP contribution is -2.31. The Bertz CT molecular complexity index is 1110. The van der Waals surface area contributed by atoms with E-state index < -0.39 is 13.7 Å². The van der Waals surface area contributed by atoms with Crippen molar-refractivity contribution in [2.45, 2.75) is 64.2 Å². The Morgan fingerprint density at radius 2 is 2.17 bits per heavy atom. The van der Waals surface area contributed by atoms with Crippen LogP contribution in [0.1, 0.15) is 31.1 Å². The third-order valence-electron chi connectivity index (χ3n) is 5.86. The van der Waals surface area contributed by atoms with Gasteiger partial charge in [0.25, 0.3) is 0 Å². The highest BCUT2D eigenvalue weighted by molar-refractivity contribution is 7.22. The maximum absolute atomic E-state index is 12.7. The third kappa shape index (κ3) is 4.19. The van der Waals surface area contributed by atoms with Crippen molar-refractivity contribution in [2.24, 2.45) is 0 Å². The van der Waals surface area contributed by atoms with E-state index in [1.165, 1.54) is 11.3 Å². The number of aromatic nitrogens is 2. The summed E-state index contributed by atoms with van der Waals surface area (Å²) in [6.07, 6.45) is 6.58. The lowest BCUT2D eigenvalue weighted by molar-refractivity contribution is -0.0324. The van der Waals surface area contributed by atoms with Crippen molar-refractivity contribution in [3.8, 4) is 10.4 Å². The van der Waals surface area contributed by atoms with E-state index >= 15 is 0 Å². The normalized spacial score (nSPS) is 19.4. The van der Waals surface area contributed by atoms with Crippen molar-refractivity contribution in [3.63, 3.8) is 0 Å². The molecule has 0 fully saturated rings. The van der Waals surface area contributed by atoms with Crippen LogP contribution in [0.3, 0.4) is 0 Å². The topological polar surface area (TPSA) is 66.5 Å². The minimum atomic E-state index is -1.09. The van der Waals surface area contributed by atoms with Gasteiger partial charge in [0, 0.05) is 49.4 Å². The molecule has 1 unspecified atom stereocenters. The van der Waals surface area contributed by atoms with Gasteiger partial charge in [0.2, 0.25) is 0 Å². The quantitative estimate of drug-likeness (QED) is 0.367. The summed E-state index contributed by atoms with van der Waals surface area (Å²) in [7, 11) is 0.586. The van der Waals surface area contributed by atoms with Gasteiger partial charge in [-0.25, -0.2) is 9.48 Å². The van der Waals surface area contributed by atoms with Crippen LogP contribution >= 0.6 is 11.3 Å². The van der Waals surface area contributed by atoms with E-state index in [9.17, 15) is 4.79 Å². The Morgan fingerprint density at radius 3 is 2.90 bits per heavy atom. The highest BCUT2D eigenvalue weighted by Crippen LogP contribution is 2.42. The molecule has 3 aromatic rings. The van der Waals surface area contributed by atoms with Crippen LogP contribution in [0.25, 0.3) is 20.5 Å². The fraction of sp³-hybridized carbons (Fsp3) is 0.545. The molecule has 3 heterocycles. The minimum Gasteiger partial charge on any atom is -0.423 e. The summed E-state index contributed by atoms with van der Waals surface area (Å²) in [6.45, 7) is 10.2. The molecule has 3 aromatic heterocycles. The van der Waals surface area contributed by atoms with E-state index in [4.69, 9.17) is 13.9 Å². The zero-order chi connectivity index (χ0) is 21.5. The van der Waals surface area contributed by atoms with Crippen LogP contribution < -0.4 is 5.63 Å². The second-order valence-electron chi connectivity index (χ2n) is 9.46. The van der Waals surface area contributed by atoms with Crippen LogP contribution in [0.2, 0.25) is 25.7 Å². The third-order valence-corrected chi connectivity index (χ3v) is 8.73. The Balaban J connectivity index is 1.60. The number of ether oxygens (including phenoxy) is 2. The zero-order valence-corrected chi connectivity index (χ0v) is 20.2. The van der Waals surface area contributed by atoms with Gasteiger partial charge in [0.15, 0.2) is 0 Å². The number of nitrogens with zero attached hydrogens (tertiary/aromatic N) is 2. The van der Waals surface area contributed by atoms with E-state index in [1.807, 2.05) is 24.0 Å². The first kappa shape index (κ1) is 21.5. The Morgan fingerprint density at radius 1 is 1.37 bits per heavy atom. The summed E-state index contributed by atoms with van der Waals surface area (Å²) < 4.78 is 19.7. The van der Waals surface area contributed by atoms with Crippen LogP contribution in [-0.2, 0) is 28.2 Å². The molecule has 0 aliphatic heterocycles. The smallest absolute Gasteiger partial charge is 0.354 e. The molecule has 0 radical (unpaired) electrons. The molecule has 0 bridgehead atoms. The molecule has 0 saturated carbocycles. The lowest BCUT2D eigenvalue weighted by Gasteiger charge is -2.32. The van der Waals surface area contributed by atoms with Gasteiger partial charge in [-0.05, 0) is 38.3 Å². The molecule has 8 heteroatoms. The number of rotatable bonds is 7. The second-order valence-corrected chi connectivity index (χ2v) is 16.1. The van der Waals surface area contributed by atoms with Crippen molar-refractivity contribution in [2.75, 3.05) is 13.7 Å². The average Bonchev–Trinajstić information content (AvgIpc) is 3.33. The predicted molar refractivity (Wildman–Crippen MR) is 123 cm³/mol. The van der Waals surface area contributed by atoms with Gasteiger partial charge in [0.1, 0.15) is 22.8 Å². The summed E-state index contributed by atoms with van der Waals surface area (Å²) in [6, 6.07) is 3.24. The number of aryl methyl sites for hydroxylation is 1. The van der Waals surface area contributed by atoms with Crippen molar-refractivity contribution in [1.29, 1.82) is 0 Å². The monoisotopic (exact) mass is 446 g/mol. The van der Waals surface area contributed by atoms with Gasteiger partial charge in [0.05, 0.1) is 6.20 Å². The number of thiophene rings is 1. The molecule has 0 saturated heterocycles. The molecule has 0 amide bonds. The molecule has 30 heavy (non-hydrogen) atoms. The molecular formula is C22H30N2O4SSi. The first-order valence-corrected chi connectivity index (χ1v) is 15.0. The van der Waals surface area contributed by atoms with E-state index in [-0.39, 0.29) is 5.63 Å². The van der Waals surface area contributed by atoms with Crippen LogP contribution in [0, 0.1) is 0 Å². The van der Waals surface area contributed by atoms with E-state index in [0.29, 0.717) is 17.2 Å². The van der Waals surface area contributed by atoms with Gasteiger partial charge < -0.3 is 13.9 Å². The molecule has 0 spiro atoms. The van der Waals surface area contributed by atoms with Crippen LogP contribution in [-0.4, -0.2) is 31.6 Å². The molecule has 1 atom stereocenters. The van der Waals surface area contributed by atoms with Gasteiger partial charge in [-0.1, -0.05) is 19.6 Å². The molecule has 0 N–H and O–H groups in total. The first-order chi connectivity index (χ1) is 14.2. The fourth-order valence-electron chi connectivity index (χ4n) is 3.92. The van der Waals surface area contributed by atoms with Crippen molar-refractivity contribution in [1.82, 2.24) is 9.78 Å². The van der Waals surface area contributed by atoms with Crippen LogP contribution in [0.15, 0.2) is 27.7 Å². The van der Waals surface area contributed by atoms with Crippen molar-refractivity contribution in [3.05, 3.63) is 40.2 Å².